The van der Waals surface area contributed by atoms with Crippen LogP contribution in [0.1, 0.15) is 33.1 Å². The van der Waals surface area contributed by atoms with Gasteiger partial charge in [-0.3, -0.25) is 0 Å². The zero-order valence-electron chi connectivity index (χ0n) is 8.97. The van der Waals surface area contributed by atoms with Crippen molar-refractivity contribution in [3.05, 3.63) is 24.4 Å². The number of hydrogen-bond donors (Lipinski definition) is 0. The molecule has 0 aliphatic carbocycles. The van der Waals surface area contributed by atoms with Gasteiger partial charge in [-0.2, -0.15) is 0 Å². The van der Waals surface area contributed by atoms with E-state index >= 15 is 0 Å². The third-order valence-corrected chi connectivity index (χ3v) is 2.68. The first kappa shape index (κ1) is 10.4. The van der Waals surface area contributed by atoms with Crippen LogP contribution in [0.15, 0.2) is 24.4 Å². The van der Waals surface area contributed by atoms with E-state index in [0.29, 0.717) is 0 Å². The molecule has 1 heteroatoms. The highest BCUT2D eigenvalue weighted by Crippen LogP contribution is 2.26. The van der Waals surface area contributed by atoms with Crippen molar-refractivity contribution in [1.82, 2.24) is 4.90 Å². The van der Waals surface area contributed by atoms with E-state index in [1.165, 1.54) is 43.6 Å². The molecule has 0 saturated carbocycles. The highest BCUT2D eigenvalue weighted by Gasteiger charge is 2.25. The Hall–Kier alpha value is -0.720. The fourth-order valence-corrected chi connectivity index (χ4v) is 1.87. The van der Waals surface area contributed by atoms with Gasteiger partial charge in [-0.05, 0) is 25.7 Å². The van der Waals surface area contributed by atoms with Crippen LogP contribution in [-0.4, -0.2) is 18.0 Å². The Morgan fingerprint density at radius 1 is 1.38 bits per heavy atom. The molecule has 0 atom stereocenters. The molecule has 13 heavy (non-hydrogen) atoms. The number of likely N-dealkylation sites (tertiary alicyclic amines) is 1. The second-order valence-corrected chi connectivity index (χ2v) is 4.21. The lowest BCUT2D eigenvalue weighted by molar-refractivity contribution is 0.143. The van der Waals surface area contributed by atoms with Crippen LogP contribution in [0.2, 0.25) is 0 Å². The van der Waals surface area contributed by atoms with Crippen molar-refractivity contribution in [3.8, 4) is 0 Å². The van der Waals surface area contributed by atoms with Crippen LogP contribution in [0.25, 0.3) is 0 Å². The van der Waals surface area contributed by atoms with Crippen molar-refractivity contribution in [2.75, 3.05) is 13.1 Å². The summed E-state index contributed by atoms with van der Waals surface area (Å²) >= 11 is 0. The van der Waals surface area contributed by atoms with Crippen LogP contribution in [-0.2, 0) is 0 Å². The Balaban J connectivity index is 2.14. The summed E-state index contributed by atoms with van der Waals surface area (Å²) in [6.45, 7) is 14.7. The summed E-state index contributed by atoms with van der Waals surface area (Å²) in [6, 6.07) is 0. The van der Waals surface area contributed by atoms with Gasteiger partial charge >= 0.3 is 0 Å². The number of rotatable bonds is 5. The van der Waals surface area contributed by atoms with Gasteiger partial charge in [0.05, 0.1) is 0 Å². The summed E-state index contributed by atoms with van der Waals surface area (Å²) in [6.07, 6.45) is 3.65. The maximum absolute atomic E-state index is 4.10. The minimum Gasteiger partial charge on any atom is -0.375 e. The normalized spacial score (nSPS) is 16.9. The largest absolute Gasteiger partial charge is 0.375 e. The first-order chi connectivity index (χ1) is 6.13. The summed E-state index contributed by atoms with van der Waals surface area (Å²) in [4.78, 5) is 2.34. The molecule has 1 fully saturated rings. The Morgan fingerprint density at radius 3 is 2.46 bits per heavy atom. The molecule has 0 aromatic heterocycles. The SMILES string of the molecule is C=C(CCC)CC1CN(C(=C)C)C1. The summed E-state index contributed by atoms with van der Waals surface area (Å²) in [5.41, 5.74) is 2.63. The van der Waals surface area contributed by atoms with Gasteiger partial charge in [0, 0.05) is 18.8 Å². The molecule has 1 nitrogen and oxygen atoms in total. The standard InChI is InChI=1S/C12H21N/c1-5-6-11(4)7-12-8-13(9-12)10(2)3/h12H,2,4-9H2,1,3H3. The van der Waals surface area contributed by atoms with E-state index in [4.69, 9.17) is 0 Å². The van der Waals surface area contributed by atoms with Crippen LogP contribution in [0.4, 0.5) is 0 Å². The monoisotopic (exact) mass is 179 g/mol. The predicted octanol–water partition coefficient (Wildman–Crippen LogP) is 3.20. The molecule has 0 aromatic rings. The highest BCUT2D eigenvalue weighted by molar-refractivity contribution is 5.03. The molecule has 1 heterocycles. The van der Waals surface area contributed by atoms with E-state index in [1.807, 2.05) is 0 Å². The fourth-order valence-electron chi connectivity index (χ4n) is 1.87. The zero-order chi connectivity index (χ0) is 9.84. The van der Waals surface area contributed by atoms with Gasteiger partial charge < -0.3 is 4.90 Å². The summed E-state index contributed by atoms with van der Waals surface area (Å²) < 4.78 is 0. The van der Waals surface area contributed by atoms with Gasteiger partial charge in [-0.1, -0.05) is 32.1 Å². The molecule has 1 saturated heterocycles. The Labute approximate surface area is 82.1 Å². The quantitative estimate of drug-likeness (QED) is 0.586. The fraction of sp³-hybridized carbons (Fsp3) is 0.667. The smallest absolute Gasteiger partial charge is 0.0223 e. The highest BCUT2D eigenvalue weighted by atomic mass is 15.2. The summed E-state index contributed by atoms with van der Waals surface area (Å²) in [5, 5.41) is 0. The number of allylic oxidation sites excluding steroid dienone is 2. The third kappa shape index (κ3) is 2.91. The van der Waals surface area contributed by atoms with Gasteiger partial charge in [0.2, 0.25) is 0 Å². The molecule has 0 radical (unpaired) electrons. The van der Waals surface area contributed by atoms with Crippen molar-refractivity contribution in [3.63, 3.8) is 0 Å². The van der Waals surface area contributed by atoms with Gasteiger partial charge in [0.25, 0.3) is 0 Å². The predicted molar refractivity (Wildman–Crippen MR) is 58.5 cm³/mol. The lowest BCUT2D eigenvalue weighted by Gasteiger charge is -2.41. The molecule has 0 amide bonds. The van der Waals surface area contributed by atoms with Gasteiger partial charge in [0.1, 0.15) is 0 Å². The average Bonchev–Trinajstić information content (AvgIpc) is 1.95. The Kier molecular flexibility index (Phi) is 3.58. The molecule has 74 valence electrons. The van der Waals surface area contributed by atoms with Crippen molar-refractivity contribution >= 4 is 0 Å². The van der Waals surface area contributed by atoms with Crippen molar-refractivity contribution in [2.24, 2.45) is 5.92 Å². The molecule has 1 rings (SSSR count). The maximum Gasteiger partial charge on any atom is 0.0223 e. The van der Waals surface area contributed by atoms with Crippen LogP contribution >= 0.6 is 0 Å². The molecule has 1 aliphatic rings. The van der Waals surface area contributed by atoms with E-state index < -0.39 is 0 Å². The lowest BCUT2D eigenvalue weighted by atomic mass is 9.91. The Morgan fingerprint density at radius 2 is 2.00 bits per heavy atom. The first-order valence-corrected chi connectivity index (χ1v) is 5.20. The Bertz CT molecular complexity index is 199. The molecule has 0 N–H and O–H groups in total. The maximum atomic E-state index is 4.10. The van der Waals surface area contributed by atoms with Crippen LogP contribution in [0, 0.1) is 5.92 Å². The van der Waals surface area contributed by atoms with Crippen molar-refractivity contribution in [2.45, 2.75) is 33.1 Å². The van der Waals surface area contributed by atoms with Gasteiger partial charge in [-0.25, -0.2) is 0 Å². The zero-order valence-corrected chi connectivity index (χ0v) is 8.97. The van der Waals surface area contributed by atoms with Crippen LogP contribution < -0.4 is 0 Å². The second-order valence-electron chi connectivity index (χ2n) is 4.21. The van der Waals surface area contributed by atoms with Gasteiger partial charge in [-0.15, -0.1) is 0 Å². The first-order valence-electron chi connectivity index (χ1n) is 5.20. The molecule has 0 aromatic carbocycles. The molecule has 0 spiro atoms. The molecule has 1 aliphatic heterocycles. The number of hydrogen-bond acceptors (Lipinski definition) is 1. The van der Waals surface area contributed by atoms with E-state index in [1.54, 1.807) is 0 Å². The number of nitrogens with zero attached hydrogens (tertiary/aromatic N) is 1. The minimum absolute atomic E-state index is 0.843. The van der Waals surface area contributed by atoms with E-state index in [-0.39, 0.29) is 0 Å². The minimum atomic E-state index is 0.843. The lowest BCUT2D eigenvalue weighted by Crippen LogP contribution is -2.44. The summed E-state index contributed by atoms with van der Waals surface area (Å²) in [5.74, 6) is 0.843. The van der Waals surface area contributed by atoms with E-state index in [0.717, 1.165) is 5.92 Å². The summed E-state index contributed by atoms with van der Waals surface area (Å²) in [7, 11) is 0. The second kappa shape index (κ2) is 4.50. The molecule has 0 bridgehead atoms. The topological polar surface area (TPSA) is 3.24 Å². The van der Waals surface area contributed by atoms with Crippen molar-refractivity contribution in [1.29, 1.82) is 0 Å². The average molecular weight is 179 g/mol. The molecular weight excluding hydrogens is 158 g/mol. The van der Waals surface area contributed by atoms with Crippen LogP contribution in [0.3, 0.4) is 0 Å². The third-order valence-electron chi connectivity index (χ3n) is 2.68. The molecular formula is C12H21N. The molecule has 0 unspecified atom stereocenters. The van der Waals surface area contributed by atoms with Crippen LogP contribution in [0.5, 0.6) is 0 Å². The van der Waals surface area contributed by atoms with Gasteiger partial charge in [0.15, 0.2) is 0 Å². The van der Waals surface area contributed by atoms with E-state index in [2.05, 4.69) is 31.9 Å². The van der Waals surface area contributed by atoms with E-state index in [9.17, 15) is 0 Å². The van der Waals surface area contributed by atoms with Crippen molar-refractivity contribution < 1.29 is 0 Å².